The highest BCUT2D eigenvalue weighted by atomic mass is 32.2. The predicted molar refractivity (Wildman–Crippen MR) is 64.6 cm³/mol. The van der Waals surface area contributed by atoms with E-state index in [1.807, 2.05) is 11.8 Å². The molecule has 0 aromatic heterocycles. The van der Waals surface area contributed by atoms with Gasteiger partial charge in [0.05, 0.1) is 12.1 Å². The van der Waals surface area contributed by atoms with Gasteiger partial charge in [-0.3, -0.25) is 4.79 Å². The highest BCUT2D eigenvalue weighted by molar-refractivity contribution is 8.00. The molecule has 2 fully saturated rings. The Morgan fingerprint density at radius 3 is 2.94 bits per heavy atom. The standard InChI is InChI=1S/C11H18N2O2S/c1-3-7(6(2)14)4-9-10-8(5-16-9)12-11(15)13-10/h7-10H,3-5H2,1-2H3,(H2,12,13,15)/t7?,8-,9-,10-/m0/s1. The van der Waals surface area contributed by atoms with Crippen LogP contribution < -0.4 is 10.6 Å². The average molecular weight is 242 g/mol. The van der Waals surface area contributed by atoms with Crippen LogP contribution in [0.5, 0.6) is 0 Å². The van der Waals surface area contributed by atoms with Crippen LogP contribution in [0, 0.1) is 5.92 Å². The Morgan fingerprint density at radius 2 is 2.31 bits per heavy atom. The maximum atomic E-state index is 11.4. The van der Waals surface area contributed by atoms with Gasteiger partial charge in [-0.15, -0.1) is 0 Å². The molecule has 16 heavy (non-hydrogen) atoms. The third-order valence-corrected chi connectivity index (χ3v) is 4.99. The Hall–Kier alpha value is -0.710. The van der Waals surface area contributed by atoms with Crippen molar-refractivity contribution in [3.63, 3.8) is 0 Å². The van der Waals surface area contributed by atoms with Crippen molar-refractivity contribution in [1.82, 2.24) is 10.6 Å². The van der Waals surface area contributed by atoms with Crippen LogP contribution in [-0.2, 0) is 4.79 Å². The Bertz CT molecular complexity index is 308. The van der Waals surface area contributed by atoms with Crippen LogP contribution in [-0.4, -0.2) is 34.9 Å². The van der Waals surface area contributed by atoms with Crippen molar-refractivity contribution in [3.05, 3.63) is 0 Å². The molecular weight excluding hydrogens is 224 g/mol. The van der Waals surface area contributed by atoms with E-state index in [-0.39, 0.29) is 29.8 Å². The van der Waals surface area contributed by atoms with E-state index >= 15 is 0 Å². The Labute approximate surface area is 99.9 Å². The van der Waals surface area contributed by atoms with Gasteiger partial charge in [0, 0.05) is 16.9 Å². The second kappa shape index (κ2) is 4.65. The fraction of sp³-hybridized carbons (Fsp3) is 0.818. The summed E-state index contributed by atoms with van der Waals surface area (Å²) in [6.07, 6.45) is 1.78. The first-order valence-corrected chi connectivity index (χ1v) is 6.85. The second-order valence-electron chi connectivity index (χ2n) is 4.57. The van der Waals surface area contributed by atoms with E-state index in [2.05, 4.69) is 17.6 Å². The molecule has 4 atom stereocenters. The smallest absolute Gasteiger partial charge is 0.315 e. The molecule has 90 valence electrons. The summed E-state index contributed by atoms with van der Waals surface area (Å²) in [5.74, 6) is 1.38. The van der Waals surface area contributed by atoms with Crippen molar-refractivity contribution in [2.75, 3.05) is 5.75 Å². The largest absolute Gasteiger partial charge is 0.332 e. The molecule has 2 aliphatic heterocycles. The summed E-state index contributed by atoms with van der Waals surface area (Å²) in [5.41, 5.74) is 0. The Kier molecular flexibility index (Phi) is 3.42. The van der Waals surface area contributed by atoms with Crippen molar-refractivity contribution in [1.29, 1.82) is 0 Å². The van der Waals surface area contributed by atoms with Crippen LogP contribution in [0.1, 0.15) is 26.7 Å². The lowest BCUT2D eigenvalue weighted by Gasteiger charge is -2.20. The number of thioether (sulfide) groups is 1. The van der Waals surface area contributed by atoms with Crippen LogP contribution in [0.2, 0.25) is 0 Å². The molecular formula is C11H18N2O2S. The number of carbonyl (C=O) groups is 2. The van der Waals surface area contributed by atoms with Gasteiger partial charge in [0.2, 0.25) is 0 Å². The van der Waals surface area contributed by atoms with Crippen LogP contribution in [0.4, 0.5) is 4.79 Å². The summed E-state index contributed by atoms with van der Waals surface area (Å²) in [6, 6.07) is 0.411. The third-order valence-electron chi connectivity index (χ3n) is 3.52. The minimum absolute atomic E-state index is 0.0591. The van der Waals surface area contributed by atoms with Crippen molar-refractivity contribution < 1.29 is 9.59 Å². The number of hydrogen-bond acceptors (Lipinski definition) is 3. The molecule has 1 unspecified atom stereocenters. The Morgan fingerprint density at radius 1 is 1.56 bits per heavy atom. The van der Waals surface area contributed by atoms with E-state index in [1.165, 1.54) is 0 Å². The first-order chi connectivity index (χ1) is 7.61. The van der Waals surface area contributed by atoms with Crippen molar-refractivity contribution >= 4 is 23.6 Å². The van der Waals surface area contributed by atoms with Gasteiger partial charge in [0.25, 0.3) is 0 Å². The second-order valence-corrected chi connectivity index (χ2v) is 5.85. The summed E-state index contributed by atoms with van der Waals surface area (Å²) in [4.78, 5) is 22.6. The molecule has 0 radical (unpaired) electrons. The molecule has 2 aliphatic rings. The molecule has 2 heterocycles. The SMILES string of the molecule is CCC(C[C@@H]1SC[C@@H]2NC(=O)N[C@@H]21)C(C)=O. The van der Waals surface area contributed by atoms with Crippen molar-refractivity contribution in [2.24, 2.45) is 5.92 Å². The van der Waals surface area contributed by atoms with Gasteiger partial charge >= 0.3 is 6.03 Å². The van der Waals surface area contributed by atoms with E-state index in [9.17, 15) is 9.59 Å². The molecule has 2 amide bonds. The molecule has 0 aliphatic carbocycles. The number of carbonyl (C=O) groups excluding carboxylic acids is 2. The number of fused-ring (bicyclic) bond motifs is 1. The van der Waals surface area contributed by atoms with E-state index in [0.717, 1.165) is 18.6 Å². The Balaban J connectivity index is 1.95. The van der Waals surface area contributed by atoms with E-state index < -0.39 is 0 Å². The number of amides is 2. The minimum Gasteiger partial charge on any atom is -0.332 e. The number of ketones is 1. The molecule has 2 rings (SSSR count). The first kappa shape index (κ1) is 11.8. The van der Waals surface area contributed by atoms with Gasteiger partial charge in [-0.1, -0.05) is 6.92 Å². The van der Waals surface area contributed by atoms with Crippen LogP contribution in [0.25, 0.3) is 0 Å². The van der Waals surface area contributed by atoms with Gasteiger partial charge in [-0.25, -0.2) is 4.79 Å². The highest BCUT2D eigenvalue weighted by Crippen LogP contribution is 2.34. The number of Topliss-reactive ketones (excluding diaryl/α,β-unsaturated/α-hetero) is 1. The fourth-order valence-electron chi connectivity index (χ4n) is 2.50. The summed E-state index contributed by atoms with van der Waals surface area (Å²) in [5, 5.41) is 6.25. The van der Waals surface area contributed by atoms with Gasteiger partial charge in [0.15, 0.2) is 0 Å². The monoisotopic (exact) mass is 242 g/mol. The van der Waals surface area contributed by atoms with Crippen LogP contribution >= 0.6 is 11.8 Å². The van der Waals surface area contributed by atoms with Gasteiger partial charge in [-0.05, 0) is 19.8 Å². The normalized spacial score (nSPS) is 34.1. The molecule has 4 nitrogen and oxygen atoms in total. The molecule has 0 aromatic rings. The zero-order valence-corrected chi connectivity index (χ0v) is 10.5. The molecule has 0 aromatic carbocycles. The third kappa shape index (κ3) is 2.19. The van der Waals surface area contributed by atoms with E-state index in [4.69, 9.17) is 0 Å². The lowest BCUT2D eigenvalue weighted by molar-refractivity contribution is -0.121. The van der Waals surface area contributed by atoms with Gasteiger partial charge in [0.1, 0.15) is 5.78 Å². The topological polar surface area (TPSA) is 58.2 Å². The molecule has 0 spiro atoms. The molecule has 0 bridgehead atoms. The van der Waals surface area contributed by atoms with Crippen molar-refractivity contribution in [2.45, 2.75) is 44.0 Å². The molecule has 2 N–H and O–H groups in total. The zero-order chi connectivity index (χ0) is 11.7. The minimum atomic E-state index is -0.0591. The summed E-state index contributed by atoms with van der Waals surface area (Å²) >= 11 is 1.87. The highest BCUT2D eigenvalue weighted by Gasteiger charge is 2.43. The molecule has 5 heteroatoms. The number of urea groups is 1. The number of rotatable bonds is 4. The van der Waals surface area contributed by atoms with Crippen LogP contribution in [0.15, 0.2) is 0 Å². The van der Waals surface area contributed by atoms with Gasteiger partial charge in [-0.2, -0.15) is 11.8 Å². The zero-order valence-electron chi connectivity index (χ0n) is 9.66. The number of nitrogens with one attached hydrogen (secondary N) is 2. The summed E-state index contributed by atoms with van der Waals surface area (Å²) in [7, 11) is 0. The van der Waals surface area contributed by atoms with E-state index in [1.54, 1.807) is 6.92 Å². The molecule has 2 saturated heterocycles. The maximum absolute atomic E-state index is 11.4. The first-order valence-electron chi connectivity index (χ1n) is 5.81. The quantitative estimate of drug-likeness (QED) is 0.727. The average Bonchev–Trinajstić information content (AvgIpc) is 2.73. The number of hydrogen-bond donors (Lipinski definition) is 2. The summed E-state index contributed by atoms with van der Waals surface area (Å²) < 4.78 is 0. The van der Waals surface area contributed by atoms with E-state index in [0.29, 0.717) is 5.25 Å². The predicted octanol–water partition coefficient (Wildman–Crippen LogP) is 1.16. The van der Waals surface area contributed by atoms with Gasteiger partial charge < -0.3 is 10.6 Å². The fourth-order valence-corrected chi connectivity index (χ4v) is 4.07. The summed E-state index contributed by atoms with van der Waals surface area (Å²) in [6.45, 7) is 3.71. The maximum Gasteiger partial charge on any atom is 0.315 e. The lowest BCUT2D eigenvalue weighted by atomic mass is 9.92. The van der Waals surface area contributed by atoms with Crippen LogP contribution in [0.3, 0.4) is 0 Å². The molecule has 0 saturated carbocycles. The van der Waals surface area contributed by atoms with Crippen molar-refractivity contribution in [3.8, 4) is 0 Å². The lowest BCUT2D eigenvalue weighted by Crippen LogP contribution is -2.38.